The first-order chi connectivity index (χ1) is 9.07. The topological polar surface area (TPSA) is 26.0 Å². The highest BCUT2D eigenvalue weighted by atomic mass is 14.7. The van der Waals surface area contributed by atoms with Gasteiger partial charge in [-0.05, 0) is 48.1 Å². The van der Waals surface area contributed by atoms with Crippen LogP contribution >= 0.6 is 0 Å². The van der Waals surface area contributed by atoms with Crippen LogP contribution in [-0.4, -0.2) is 6.04 Å². The van der Waals surface area contributed by atoms with E-state index in [0.29, 0.717) is 17.4 Å². The van der Waals surface area contributed by atoms with Crippen molar-refractivity contribution in [2.24, 2.45) is 11.1 Å². The largest absolute Gasteiger partial charge is 0.327 e. The van der Waals surface area contributed by atoms with Gasteiger partial charge in [0.1, 0.15) is 0 Å². The Balaban J connectivity index is 2.03. The molecule has 2 rings (SSSR count). The maximum atomic E-state index is 6.55. The Morgan fingerprint density at radius 2 is 1.68 bits per heavy atom. The first kappa shape index (κ1) is 14.6. The zero-order valence-corrected chi connectivity index (χ0v) is 12.8. The molecule has 0 amide bonds. The van der Waals surface area contributed by atoms with Crippen LogP contribution in [0.5, 0.6) is 0 Å². The summed E-state index contributed by atoms with van der Waals surface area (Å²) in [5.41, 5.74) is 9.79. The summed E-state index contributed by atoms with van der Waals surface area (Å²) in [7, 11) is 0. The second kappa shape index (κ2) is 6.09. The van der Waals surface area contributed by atoms with Gasteiger partial charge in [-0.2, -0.15) is 0 Å². The molecule has 0 bridgehead atoms. The summed E-state index contributed by atoms with van der Waals surface area (Å²) in [6.45, 7) is 6.80. The molecule has 1 atom stereocenters. The fraction of sp³-hybridized carbons (Fsp3) is 0.667. The molecule has 0 aromatic heterocycles. The van der Waals surface area contributed by atoms with Crippen LogP contribution in [-0.2, 0) is 6.42 Å². The van der Waals surface area contributed by atoms with Gasteiger partial charge in [0, 0.05) is 6.04 Å². The average molecular weight is 259 g/mol. The molecule has 0 heterocycles. The smallest absolute Gasteiger partial charge is 0.0136 e. The lowest BCUT2D eigenvalue weighted by molar-refractivity contribution is 0.219. The van der Waals surface area contributed by atoms with Crippen molar-refractivity contribution in [1.82, 2.24) is 0 Å². The number of hydrogen-bond acceptors (Lipinski definition) is 1. The number of rotatable bonds is 5. The molecule has 1 saturated carbocycles. The summed E-state index contributed by atoms with van der Waals surface area (Å²) in [5, 5.41) is 0. The Labute approximate surface area is 118 Å². The minimum absolute atomic E-state index is 0.324. The third kappa shape index (κ3) is 3.20. The van der Waals surface area contributed by atoms with Gasteiger partial charge in [0.2, 0.25) is 0 Å². The van der Waals surface area contributed by atoms with Crippen LogP contribution in [0, 0.1) is 5.41 Å². The molecule has 0 spiro atoms. The van der Waals surface area contributed by atoms with Crippen molar-refractivity contribution in [2.75, 3.05) is 0 Å². The van der Waals surface area contributed by atoms with E-state index >= 15 is 0 Å². The molecule has 19 heavy (non-hydrogen) atoms. The van der Waals surface area contributed by atoms with Crippen molar-refractivity contribution in [2.45, 2.75) is 71.3 Å². The van der Waals surface area contributed by atoms with Gasteiger partial charge in [-0.1, -0.05) is 57.9 Å². The Bertz CT molecular complexity index is 385. The van der Waals surface area contributed by atoms with Crippen molar-refractivity contribution in [3.8, 4) is 0 Å². The lowest BCUT2D eigenvalue weighted by Gasteiger charge is -2.34. The quantitative estimate of drug-likeness (QED) is 0.818. The van der Waals surface area contributed by atoms with Crippen LogP contribution in [0.2, 0.25) is 0 Å². The van der Waals surface area contributed by atoms with Crippen molar-refractivity contribution in [3.63, 3.8) is 0 Å². The van der Waals surface area contributed by atoms with Crippen LogP contribution in [0.3, 0.4) is 0 Å². The molecule has 0 aliphatic heterocycles. The molecular weight excluding hydrogens is 230 g/mol. The van der Waals surface area contributed by atoms with Crippen molar-refractivity contribution in [3.05, 3.63) is 35.4 Å². The molecule has 106 valence electrons. The van der Waals surface area contributed by atoms with Crippen LogP contribution in [0.4, 0.5) is 0 Å². The van der Waals surface area contributed by atoms with E-state index in [-0.39, 0.29) is 0 Å². The van der Waals surface area contributed by atoms with Crippen molar-refractivity contribution < 1.29 is 0 Å². The molecule has 1 nitrogen and oxygen atoms in total. The number of hydrogen-bond donors (Lipinski definition) is 1. The highest BCUT2D eigenvalue weighted by Crippen LogP contribution is 2.43. The third-order valence-electron chi connectivity index (χ3n) is 5.19. The maximum Gasteiger partial charge on any atom is 0.0136 e. The molecule has 1 aliphatic carbocycles. The minimum atomic E-state index is 0.324. The van der Waals surface area contributed by atoms with Crippen molar-refractivity contribution >= 4 is 0 Å². The minimum Gasteiger partial charge on any atom is -0.327 e. The zero-order chi connectivity index (χ0) is 13.9. The van der Waals surface area contributed by atoms with Gasteiger partial charge < -0.3 is 5.73 Å². The predicted octanol–water partition coefficient (Wildman–Crippen LogP) is 4.65. The van der Waals surface area contributed by atoms with Gasteiger partial charge in [0.15, 0.2) is 0 Å². The van der Waals surface area contributed by atoms with E-state index < -0.39 is 0 Å². The van der Waals surface area contributed by atoms with Crippen LogP contribution in [0.1, 0.15) is 69.9 Å². The average Bonchev–Trinajstić information content (AvgIpc) is 2.89. The molecule has 1 heteroatoms. The number of nitrogens with two attached hydrogens (primary N) is 1. The Morgan fingerprint density at radius 1 is 1.11 bits per heavy atom. The number of benzene rings is 1. The fourth-order valence-corrected chi connectivity index (χ4v) is 3.57. The van der Waals surface area contributed by atoms with Gasteiger partial charge in [-0.25, -0.2) is 0 Å². The second-order valence-electron chi connectivity index (χ2n) is 6.63. The lowest BCUT2D eigenvalue weighted by atomic mass is 9.74. The summed E-state index contributed by atoms with van der Waals surface area (Å²) in [5.74, 6) is 0.611. The first-order valence-corrected chi connectivity index (χ1v) is 7.92. The van der Waals surface area contributed by atoms with E-state index in [1.807, 2.05) is 0 Å². The fourth-order valence-electron chi connectivity index (χ4n) is 3.57. The molecule has 2 N–H and O–H groups in total. The molecule has 1 aliphatic rings. The van der Waals surface area contributed by atoms with E-state index in [2.05, 4.69) is 45.0 Å². The molecule has 1 fully saturated rings. The molecule has 1 aromatic rings. The summed E-state index contributed by atoms with van der Waals surface area (Å²) in [6, 6.07) is 9.39. The zero-order valence-electron chi connectivity index (χ0n) is 12.8. The highest BCUT2D eigenvalue weighted by Gasteiger charge is 2.37. The molecule has 0 saturated heterocycles. The standard InChI is InChI=1S/C18H29N/c1-4-18(11-5-6-12-18)17(19)13-15-7-9-16(10-8-15)14(2)3/h7-10,14,17H,4-6,11-13,19H2,1-3H3. The maximum absolute atomic E-state index is 6.55. The van der Waals surface area contributed by atoms with Gasteiger partial charge in [-0.3, -0.25) is 0 Å². The summed E-state index contributed by atoms with van der Waals surface area (Å²) in [6.07, 6.45) is 7.66. The Morgan fingerprint density at radius 3 is 2.16 bits per heavy atom. The van der Waals surface area contributed by atoms with Gasteiger partial charge in [-0.15, -0.1) is 0 Å². The first-order valence-electron chi connectivity index (χ1n) is 7.92. The molecule has 1 aromatic carbocycles. The summed E-state index contributed by atoms with van der Waals surface area (Å²) in [4.78, 5) is 0. The third-order valence-corrected chi connectivity index (χ3v) is 5.19. The van der Waals surface area contributed by atoms with E-state index in [1.165, 1.54) is 43.2 Å². The van der Waals surface area contributed by atoms with E-state index in [9.17, 15) is 0 Å². The Kier molecular flexibility index (Phi) is 4.67. The Hall–Kier alpha value is -0.820. The van der Waals surface area contributed by atoms with Crippen LogP contribution in [0.15, 0.2) is 24.3 Å². The summed E-state index contributed by atoms with van der Waals surface area (Å²) < 4.78 is 0. The van der Waals surface area contributed by atoms with Crippen LogP contribution < -0.4 is 5.73 Å². The van der Waals surface area contributed by atoms with E-state index in [0.717, 1.165) is 6.42 Å². The van der Waals surface area contributed by atoms with E-state index in [4.69, 9.17) is 5.73 Å². The normalized spacial score (nSPS) is 19.8. The van der Waals surface area contributed by atoms with E-state index in [1.54, 1.807) is 0 Å². The van der Waals surface area contributed by atoms with Crippen molar-refractivity contribution in [1.29, 1.82) is 0 Å². The summed E-state index contributed by atoms with van der Waals surface area (Å²) >= 11 is 0. The predicted molar refractivity (Wildman–Crippen MR) is 83.4 cm³/mol. The SMILES string of the molecule is CCC1(C(N)Cc2ccc(C(C)C)cc2)CCCC1. The van der Waals surface area contributed by atoms with Gasteiger partial charge >= 0.3 is 0 Å². The monoisotopic (exact) mass is 259 g/mol. The van der Waals surface area contributed by atoms with Gasteiger partial charge in [0.05, 0.1) is 0 Å². The van der Waals surface area contributed by atoms with Gasteiger partial charge in [0.25, 0.3) is 0 Å². The van der Waals surface area contributed by atoms with Crippen LogP contribution in [0.25, 0.3) is 0 Å². The molecule has 1 unspecified atom stereocenters. The highest BCUT2D eigenvalue weighted by molar-refractivity contribution is 5.25. The lowest BCUT2D eigenvalue weighted by Crippen LogP contribution is -2.41. The molecule has 0 radical (unpaired) electrons. The molecular formula is C18H29N. The second-order valence-corrected chi connectivity index (χ2v) is 6.63.